The van der Waals surface area contributed by atoms with Crippen molar-refractivity contribution >= 4 is 5.96 Å². The quantitative estimate of drug-likeness (QED) is 0.474. The second kappa shape index (κ2) is 12.2. The van der Waals surface area contributed by atoms with E-state index in [0.29, 0.717) is 0 Å². The Hall–Kier alpha value is -2.77. The first-order chi connectivity index (χ1) is 15.2. The van der Waals surface area contributed by atoms with Gasteiger partial charge in [0.2, 0.25) is 0 Å². The van der Waals surface area contributed by atoms with Gasteiger partial charge < -0.3 is 24.8 Å². The fourth-order valence-electron chi connectivity index (χ4n) is 3.81. The maximum absolute atomic E-state index is 5.55. The number of ether oxygens (including phenoxy) is 3. The minimum Gasteiger partial charge on any atom is -0.497 e. The van der Waals surface area contributed by atoms with E-state index >= 15 is 0 Å². The van der Waals surface area contributed by atoms with Gasteiger partial charge in [-0.25, -0.2) is 0 Å². The summed E-state index contributed by atoms with van der Waals surface area (Å²) in [7, 11) is 5.20. The van der Waals surface area contributed by atoms with Gasteiger partial charge in [0.15, 0.2) is 5.96 Å². The largest absolute Gasteiger partial charge is 0.497 e. The molecule has 0 bridgehead atoms. The predicted octanol–water partition coefficient (Wildman–Crippen LogP) is 2.48. The second-order valence-electron chi connectivity index (χ2n) is 7.38. The normalized spacial score (nSPS) is 15.9. The van der Waals surface area contributed by atoms with Crippen LogP contribution in [-0.2, 0) is 11.2 Å². The second-order valence-corrected chi connectivity index (χ2v) is 7.38. The van der Waals surface area contributed by atoms with E-state index in [9.17, 15) is 0 Å². The van der Waals surface area contributed by atoms with E-state index in [1.54, 1.807) is 21.3 Å². The standard InChI is InChI=1S/C24H34N4O3/c1-25-24(26-13-12-20-6-4-5-7-23(20)30-3)27-18-22(28-14-16-31-17-15-28)19-8-10-21(29-2)11-9-19/h4-11,22H,12-18H2,1-3H3,(H2,25,26,27). The summed E-state index contributed by atoms with van der Waals surface area (Å²) in [4.78, 5) is 6.86. The number of hydrogen-bond donors (Lipinski definition) is 2. The lowest BCUT2D eigenvalue weighted by Crippen LogP contribution is -2.46. The van der Waals surface area contributed by atoms with Crippen LogP contribution in [0.15, 0.2) is 53.5 Å². The van der Waals surface area contributed by atoms with Gasteiger partial charge in [-0.1, -0.05) is 30.3 Å². The van der Waals surface area contributed by atoms with E-state index in [1.165, 1.54) is 11.1 Å². The molecule has 1 atom stereocenters. The predicted molar refractivity (Wildman–Crippen MR) is 124 cm³/mol. The van der Waals surface area contributed by atoms with E-state index in [1.807, 2.05) is 30.3 Å². The highest BCUT2D eigenvalue weighted by Crippen LogP contribution is 2.23. The molecule has 1 saturated heterocycles. The van der Waals surface area contributed by atoms with Crippen LogP contribution < -0.4 is 20.1 Å². The van der Waals surface area contributed by atoms with Crippen molar-refractivity contribution < 1.29 is 14.2 Å². The van der Waals surface area contributed by atoms with Crippen LogP contribution in [0.25, 0.3) is 0 Å². The molecule has 31 heavy (non-hydrogen) atoms. The molecule has 0 radical (unpaired) electrons. The van der Waals surface area contributed by atoms with E-state index in [2.05, 4.69) is 38.7 Å². The molecule has 1 aliphatic heterocycles. The number of guanidine groups is 1. The van der Waals surface area contributed by atoms with Gasteiger partial charge >= 0.3 is 0 Å². The molecule has 3 rings (SSSR count). The van der Waals surface area contributed by atoms with Crippen LogP contribution in [0.3, 0.4) is 0 Å². The number of rotatable bonds is 9. The number of para-hydroxylation sites is 1. The first-order valence-electron chi connectivity index (χ1n) is 10.8. The van der Waals surface area contributed by atoms with Crippen LogP contribution in [0.1, 0.15) is 17.2 Å². The zero-order valence-corrected chi connectivity index (χ0v) is 18.8. The third-order valence-electron chi connectivity index (χ3n) is 5.55. The van der Waals surface area contributed by atoms with Crippen molar-refractivity contribution in [3.8, 4) is 11.5 Å². The van der Waals surface area contributed by atoms with Crippen LogP contribution in [0.4, 0.5) is 0 Å². The first-order valence-corrected chi connectivity index (χ1v) is 10.8. The molecule has 2 aromatic carbocycles. The lowest BCUT2D eigenvalue weighted by Gasteiger charge is -2.35. The Morgan fingerprint density at radius 2 is 1.77 bits per heavy atom. The van der Waals surface area contributed by atoms with Crippen molar-refractivity contribution in [1.29, 1.82) is 0 Å². The third kappa shape index (κ3) is 6.60. The molecule has 0 spiro atoms. The zero-order valence-electron chi connectivity index (χ0n) is 18.8. The monoisotopic (exact) mass is 426 g/mol. The first kappa shape index (κ1) is 22.9. The number of benzene rings is 2. The Labute approximate surface area is 185 Å². The van der Waals surface area contributed by atoms with Gasteiger partial charge in [-0.05, 0) is 35.7 Å². The number of morpholine rings is 1. The van der Waals surface area contributed by atoms with Gasteiger partial charge in [0.05, 0.1) is 33.5 Å². The number of aliphatic imine (C=N–C) groups is 1. The van der Waals surface area contributed by atoms with Crippen molar-refractivity contribution in [3.63, 3.8) is 0 Å². The summed E-state index contributed by atoms with van der Waals surface area (Å²) in [5.74, 6) is 2.58. The SMILES string of the molecule is CN=C(NCCc1ccccc1OC)NCC(c1ccc(OC)cc1)N1CCOCC1. The van der Waals surface area contributed by atoms with Gasteiger partial charge in [0.25, 0.3) is 0 Å². The van der Waals surface area contributed by atoms with Crippen molar-refractivity contribution in [2.75, 3.05) is 60.7 Å². The molecule has 0 amide bonds. The number of hydrogen-bond acceptors (Lipinski definition) is 5. The Morgan fingerprint density at radius 3 is 2.45 bits per heavy atom. The van der Waals surface area contributed by atoms with Gasteiger partial charge in [-0.2, -0.15) is 0 Å². The Morgan fingerprint density at radius 1 is 1.03 bits per heavy atom. The summed E-state index contributed by atoms with van der Waals surface area (Å²) in [5.41, 5.74) is 2.43. The summed E-state index contributed by atoms with van der Waals surface area (Å²) in [6.45, 7) is 4.87. The fraction of sp³-hybridized carbons (Fsp3) is 0.458. The molecule has 0 aromatic heterocycles. The van der Waals surface area contributed by atoms with E-state index in [-0.39, 0.29) is 6.04 Å². The molecule has 1 aliphatic rings. The van der Waals surface area contributed by atoms with Crippen molar-refractivity contribution in [2.24, 2.45) is 4.99 Å². The summed E-state index contributed by atoms with van der Waals surface area (Å²) >= 11 is 0. The average Bonchev–Trinajstić information content (AvgIpc) is 2.84. The summed E-state index contributed by atoms with van der Waals surface area (Å²) in [6, 6.07) is 16.6. The van der Waals surface area contributed by atoms with E-state index < -0.39 is 0 Å². The summed E-state index contributed by atoms with van der Waals surface area (Å²) in [6.07, 6.45) is 0.857. The maximum atomic E-state index is 5.55. The molecular formula is C24H34N4O3. The van der Waals surface area contributed by atoms with Crippen molar-refractivity contribution in [3.05, 3.63) is 59.7 Å². The minimum atomic E-state index is 0.225. The topological polar surface area (TPSA) is 67.4 Å². The molecule has 7 nitrogen and oxygen atoms in total. The smallest absolute Gasteiger partial charge is 0.191 e. The molecule has 2 N–H and O–H groups in total. The van der Waals surface area contributed by atoms with Gasteiger partial charge in [-0.15, -0.1) is 0 Å². The van der Waals surface area contributed by atoms with Crippen LogP contribution >= 0.6 is 0 Å². The average molecular weight is 427 g/mol. The van der Waals surface area contributed by atoms with Gasteiger partial charge in [0, 0.05) is 33.2 Å². The third-order valence-corrected chi connectivity index (χ3v) is 5.55. The number of nitrogens with one attached hydrogen (secondary N) is 2. The highest BCUT2D eigenvalue weighted by Gasteiger charge is 2.23. The summed E-state index contributed by atoms with van der Waals surface area (Å²) < 4.78 is 16.3. The fourth-order valence-corrected chi connectivity index (χ4v) is 3.81. The molecule has 2 aromatic rings. The molecule has 1 heterocycles. The highest BCUT2D eigenvalue weighted by molar-refractivity contribution is 5.79. The van der Waals surface area contributed by atoms with Crippen LogP contribution in [-0.4, -0.2) is 71.5 Å². The van der Waals surface area contributed by atoms with Crippen LogP contribution in [0, 0.1) is 0 Å². The lowest BCUT2D eigenvalue weighted by atomic mass is 10.0. The number of nitrogens with zero attached hydrogens (tertiary/aromatic N) is 2. The van der Waals surface area contributed by atoms with Crippen LogP contribution in [0.5, 0.6) is 11.5 Å². The van der Waals surface area contributed by atoms with Gasteiger partial charge in [0.1, 0.15) is 11.5 Å². The highest BCUT2D eigenvalue weighted by atomic mass is 16.5. The Balaban J connectivity index is 1.59. The zero-order chi connectivity index (χ0) is 21.9. The minimum absolute atomic E-state index is 0.225. The molecule has 0 saturated carbocycles. The molecule has 7 heteroatoms. The summed E-state index contributed by atoms with van der Waals surface area (Å²) in [5, 5.41) is 6.92. The molecule has 1 unspecified atom stereocenters. The van der Waals surface area contributed by atoms with Crippen LogP contribution in [0.2, 0.25) is 0 Å². The molecule has 168 valence electrons. The molecular weight excluding hydrogens is 392 g/mol. The Bertz CT molecular complexity index is 820. The number of methoxy groups -OCH3 is 2. The molecule has 0 aliphatic carbocycles. The van der Waals surface area contributed by atoms with Crippen molar-refractivity contribution in [1.82, 2.24) is 15.5 Å². The lowest BCUT2D eigenvalue weighted by molar-refractivity contribution is 0.0170. The Kier molecular flexibility index (Phi) is 8.99. The van der Waals surface area contributed by atoms with E-state index in [0.717, 1.165) is 63.3 Å². The van der Waals surface area contributed by atoms with Gasteiger partial charge in [-0.3, -0.25) is 9.89 Å². The molecule has 1 fully saturated rings. The maximum Gasteiger partial charge on any atom is 0.191 e. The van der Waals surface area contributed by atoms with E-state index in [4.69, 9.17) is 14.2 Å². The van der Waals surface area contributed by atoms with Crippen molar-refractivity contribution in [2.45, 2.75) is 12.5 Å².